The first-order valence-corrected chi connectivity index (χ1v) is 7.26. The third-order valence-corrected chi connectivity index (χ3v) is 3.42. The minimum Gasteiger partial charge on any atom is -0.493 e. The highest BCUT2D eigenvalue weighted by molar-refractivity contribution is 6.09. The van der Waals surface area contributed by atoms with Crippen LogP contribution in [0.1, 0.15) is 15.9 Å². The molecule has 2 aromatic carbocycles. The first-order valence-electron chi connectivity index (χ1n) is 7.26. The van der Waals surface area contributed by atoms with Crippen molar-refractivity contribution >= 4 is 11.5 Å². The van der Waals surface area contributed by atoms with Gasteiger partial charge in [0.2, 0.25) is 0 Å². The van der Waals surface area contributed by atoms with Gasteiger partial charge >= 0.3 is 0 Å². The minimum absolute atomic E-state index is 0.0366. The number of ketones is 1. The van der Waals surface area contributed by atoms with E-state index in [0.717, 1.165) is 0 Å². The fourth-order valence-corrected chi connectivity index (χ4v) is 2.11. The number of ether oxygens (including phenoxy) is 2. The number of hydrogen-bond acceptors (Lipinski definition) is 6. The molecule has 2 rings (SSSR count). The van der Waals surface area contributed by atoms with Crippen LogP contribution in [0.15, 0.2) is 54.2 Å². The smallest absolute Gasteiger partial charge is 0.193 e. The summed E-state index contributed by atoms with van der Waals surface area (Å²) in [4.78, 5) is 12.6. The second kappa shape index (κ2) is 8.19. The zero-order valence-electron chi connectivity index (χ0n) is 13.7. The number of benzene rings is 2. The Hall–Kier alpha value is -3.77. The summed E-state index contributed by atoms with van der Waals surface area (Å²) in [6.07, 6.45) is 1.31. The molecule has 0 spiro atoms. The van der Waals surface area contributed by atoms with Gasteiger partial charge in [-0.2, -0.15) is 10.5 Å². The summed E-state index contributed by atoms with van der Waals surface area (Å²) in [6, 6.07) is 15.2. The number of methoxy groups -OCH3 is 2. The topological polar surface area (TPSA) is 95.1 Å². The lowest BCUT2D eigenvalue weighted by Gasteiger charge is -2.09. The molecule has 0 saturated carbocycles. The molecule has 0 aliphatic carbocycles. The van der Waals surface area contributed by atoms with Crippen molar-refractivity contribution in [2.45, 2.75) is 0 Å². The van der Waals surface area contributed by atoms with E-state index >= 15 is 0 Å². The molecule has 0 aliphatic heterocycles. The van der Waals surface area contributed by atoms with Crippen LogP contribution in [-0.4, -0.2) is 20.0 Å². The zero-order chi connectivity index (χ0) is 18.2. The number of carbonyl (C=O) groups excluding carboxylic acids is 1. The van der Waals surface area contributed by atoms with E-state index in [1.54, 1.807) is 54.6 Å². The first-order chi connectivity index (χ1) is 12.1. The van der Waals surface area contributed by atoms with Crippen molar-refractivity contribution in [2.75, 3.05) is 19.5 Å². The summed E-state index contributed by atoms with van der Waals surface area (Å²) < 4.78 is 10.4. The van der Waals surface area contributed by atoms with Crippen LogP contribution >= 0.6 is 0 Å². The molecule has 0 aliphatic rings. The van der Waals surface area contributed by atoms with Crippen LogP contribution in [0.25, 0.3) is 0 Å². The number of carbonyl (C=O) groups is 1. The van der Waals surface area contributed by atoms with Crippen molar-refractivity contribution in [3.63, 3.8) is 0 Å². The van der Waals surface area contributed by atoms with Crippen molar-refractivity contribution in [1.82, 2.24) is 0 Å². The Bertz CT molecular complexity index is 872. The average Bonchev–Trinajstić information content (AvgIpc) is 2.68. The maximum atomic E-state index is 12.6. The summed E-state index contributed by atoms with van der Waals surface area (Å²) in [6.45, 7) is 0. The summed E-state index contributed by atoms with van der Waals surface area (Å²) in [5.41, 5.74) is 1.61. The quantitative estimate of drug-likeness (QED) is 0.644. The van der Waals surface area contributed by atoms with E-state index in [2.05, 4.69) is 5.32 Å². The molecule has 0 radical (unpaired) electrons. The third kappa shape index (κ3) is 4.15. The van der Waals surface area contributed by atoms with E-state index < -0.39 is 0 Å². The predicted octanol–water partition coefficient (Wildman–Crippen LogP) is 3.28. The van der Waals surface area contributed by atoms with Gasteiger partial charge in [-0.15, -0.1) is 0 Å². The summed E-state index contributed by atoms with van der Waals surface area (Å²) in [7, 11) is 3.04. The Morgan fingerprint density at radius 3 is 2.12 bits per heavy atom. The molecule has 0 aromatic heterocycles. The van der Waals surface area contributed by atoms with Crippen molar-refractivity contribution in [3.8, 4) is 23.6 Å². The van der Waals surface area contributed by atoms with E-state index in [4.69, 9.17) is 20.0 Å². The van der Waals surface area contributed by atoms with Crippen LogP contribution in [0.3, 0.4) is 0 Å². The molecule has 1 N–H and O–H groups in total. The molecule has 2 aromatic rings. The molecule has 6 heteroatoms. The van der Waals surface area contributed by atoms with Crippen LogP contribution in [0.2, 0.25) is 0 Å². The lowest BCUT2D eigenvalue weighted by molar-refractivity contribution is 0.103. The number of hydrogen-bond donors (Lipinski definition) is 1. The molecular formula is C19H15N3O3. The minimum atomic E-state index is -0.155. The Kier molecular flexibility index (Phi) is 5.76. The molecule has 0 saturated heterocycles. The molecule has 0 fully saturated rings. The maximum Gasteiger partial charge on any atom is 0.193 e. The fraction of sp³-hybridized carbons (Fsp3) is 0.105. The van der Waals surface area contributed by atoms with Crippen LogP contribution < -0.4 is 14.8 Å². The van der Waals surface area contributed by atoms with Gasteiger partial charge in [-0.1, -0.05) is 0 Å². The summed E-state index contributed by atoms with van der Waals surface area (Å²) in [5.74, 6) is 0.881. The maximum absolute atomic E-state index is 12.6. The van der Waals surface area contributed by atoms with Gasteiger partial charge in [-0.25, -0.2) is 0 Å². The highest BCUT2D eigenvalue weighted by Gasteiger charge is 2.12. The van der Waals surface area contributed by atoms with Crippen molar-refractivity contribution in [3.05, 3.63) is 65.4 Å². The number of nitrogens with one attached hydrogen (secondary N) is 1. The number of nitriles is 2. The number of allylic oxidation sites excluding steroid dienone is 1. The second-order valence-electron chi connectivity index (χ2n) is 4.90. The highest BCUT2D eigenvalue weighted by Crippen LogP contribution is 2.28. The number of anilines is 1. The SMILES string of the molecule is COc1ccc(C(=O)c2ccc(NC=C(C#N)C#N)cc2)cc1OC. The Labute approximate surface area is 145 Å². The van der Waals surface area contributed by atoms with Crippen LogP contribution in [0.5, 0.6) is 11.5 Å². The third-order valence-electron chi connectivity index (χ3n) is 3.42. The van der Waals surface area contributed by atoms with Gasteiger partial charge < -0.3 is 14.8 Å². The second-order valence-corrected chi connectivity index (χ2v) is 4.90. The van der Waals surface area contributed by atoms with Crippen LogP contribution in [0.4, 0.5) is 5.69 Å². The van der Waals surface area contributed by atoms with E-state index in [1.807, 2.05) is 0 Å². The average molecular weight is 333 g/mol. The molecule has 0 bridgehead atoms. The molecule has 25 heavy (non-hydrogen) atoms. The largest absolute Gasteiger partial charge is 0.493 e. The number of rotatable bonds is 6. The zero-order valence-corrected chi connectivity index (χ0v) is 13.7. The first kappa shape index (κ1) is 17.6. The Morgan fingerprint density at radius 1 is 0.960 bits per heavy atom. The van der Waals surface area contributed by atoms with Gasteiger partial charge in [0.1, 0.15) is 17.7 Å². The molecule has 0 unspecified atom stereocenters. The molecule has 0 atom stereocenters. The predicted molar refractivity (Wildman–Crippen MR) is 92.4 cm³/mol. The normalized spacial score (nSPS) is 9.28. The van der Waals surface area contributed by atoms with E-state index in [0.29, 0.717) is 28.3 Å². The van der Waals surface area contributed by atoms with Gasteiger partial charge in [-0.05, 0) is 42.5 Å². The Balaban J connectivity index is 2.20. The molecule has 0 heterocycles. The van der Waals surface area contributed by atoms with Crippen LogP contribution in [0, 0.1) is 22.7 Å². The number of nitrogens with zero attached hydrogens (tertiary/aromatic N) is 2. The van der Waals surface area contributed by atoms with Gasteiger partial charge in [0.15, 0.2) is 17.3 Å². The van der Waals surface area contributed by atoms with Crippen molar-refractivity contribution in [2.24, 2.45) is 0 Å². The van der Waals surface area contributed by atoms with Crippen molar-refractivity contribution < 1.29 is 14.3 Å². The van der Waals surface area contributed by atoms with E-state index in [9.17, 15) is 4.79 Å². The molecule has 124 valence electrons. The highest BCUT2D eigenvalue weighted by atomic mass is 16.5. The molecule has 6 nitrogen and oxygen atoms in total. The van der Waals surface area contributed by atoms with Gasteiger partial charge in [-0.3, -0.25) is 4.79 Å². The lowest BCUT2D eigenvalue weighted by atomic mass is 10.0. The van der Waals surface area contributed by atoms with E-state index in [1.165, 1.54) is 20.4 Å². The lowest BCUT2D eigenvalue weighted by Crippen LogP contribution is -2.02. The van der Waals surface area contributed by atoms with Gasteiger partial charge in [0.25, 0.3) is 0 Å². The van der Waals surface area contributed by atoms with Crippen LogP contribution in [-0.2, 0) is 0 Å². The standard InChI is InChI=1S/C19H15N3O3/c1-24-17-8-5-15(9-18(17)25-2)19(23)14-3-6-16(7-4-14)22-12-13(10-20)11-21/h3-9,12,22H,1-2H3. The van der Waals surface area contributed by atoms with Gasteiger partial charge in [0.05, 0.1) is 14.2 Å². The summed E-state index contributed by atoms with van der Waals surface area (Å²) in [5, 5.41) is 20.2. The van der Waals surface area contributed by atoms with Crippen molar-refractivity contribution in [1.29, 1.82) is 10.5 Å². The Morgan fingerprint density at radius 2 is 1.56 bits per heavy atom. The monoisotopic (exact) mass is 333 g/mol. The fourth-order valence-electron chi connectivity index (χ4n) is 2.11. The molecular weight excluding hydrogens is 318 g/mol. The molecule has 0 amide bonds. The van der Waals surface area contributed by atoms with Gasteiger partial charge in [0, 0.05) is 23.0 Å². The van der Waals surface area contributed by atoms with E-state index in [-0.39, 0.29) is 11.4 Å². The summed E-state index contributed by atoms with van der Waals surface area (Å²) >= 11 is 0.